The van der Waals surface area contributed by atoms with Crippen molar-refractivity contribution in [2.24, 2.45) is 0 Å². The fourth-order valence-electron chi connectivity index (χ4n) is 1.89. The van der Waals surface area contributed by atoms with Crippen LogP contribution < -0.4 is 15.4 Å². The number of anilines is 1. The predicted octanol–water partition coefficient (Wildman–Crippen LogP) is 0.334. The average Bonchev–Trinajstić information content (AvgIpc) is 2.41. The second kappa shape index (κ2) is 5.94. The SMILES string of the molecule is CNc1ncc(S(=O)(=O)NC2CCCNC2=O)cc1Cl. The quantitative estimate of drug-likeness (QED) is 0.743. The Balaban J connectivity index is 2.21. The highest BCUT2D eigenvalue weighted by atomic mass is 35.5. The molecule has 2 heterocycles. The van der Waals surface area contributed by atoms with E-state index in [0.717, 1.165) is 6.42 Å². The smallest absolute Gasteiger partial charge is 0.242 e. The van der Waals surface area contributed by atoms with Gasteiger partial charge in [-0.2, -0.15) is 4.72 Å². The van der Waals surface area contributed by atoms with Crippen LogP contribution in [0.4, 0.5) is 5.82 Å². The van der Waals surface area contributed by atoms with Gasteiger partial charge in [-0.1, -0.05) is 11.6 Å². The molecule has 1 aromatic heterocycles. The van der Waals surface area contributed by atoms with Gasteiger partial charge in [-0.3, -0.25) is 4.79 Å². The number of rotatable bonds is 4. The number of carbonyl (C=O) groups is 1. The first-order chi connectivity index (χ1) is 9.44. The van der Waals surface area contributed by atoms with E-state index in [0.29, 0.717) is 18.8 Å². The number of sulfonamides is 1. The van der Waals surface area contributed by atoms with Crippen molar-refractivity contribution in [2.75, 3.05) is 18.9 Å². The summed E-state index contributed by atoms with van der Waals surface area (Å²) in [6, 6.07) is 0.542. The molecule has 110 valence electrons. The Morgan fingerprint density at radius 3 is 2.85 bits per heavy atom. The van der Waals surface area contributed by atoms with E-state index in [-0.39, 0.29) is 15.8 Å². The Hall–Kier alpha value is -1.38. The summed E-state index contributed by atoms with van der Waals surface area (Å²) in [6.45, 7) is 0.571. The average molecular weight is 319 g/mol. The third-order valence-corrected chi connectivity index (χ3v) is 4.67. The molecule has 3 N–H and O–H groups in total. The van der Waals surface area contributed by atoms with Gasteiger partial charge in [0.2, 0.25) is 15.9 Å². The number of hydrogen-bond acceptors (Lipinski definition) is 5. The standard InChI is InChI=1S/C11H15ClN4O3S/c1-13-10-8(12)5-7(6-15-10)20(18,19)16-9-3-2-4-14-11(9)17/h5-6,9,16H,2-4H2,1H3,(H,13,15)(H,14,17). The molecular weight excluding hydrogens is 304 g/mol. The van der Waals surface area contributed by atoms with E-state index in [2.05, 4.69) is 20.3 Å². The lowest BCUT2D eigenvalue weighted by Gasteiger charge is -2.22. The van der Waals surface area contributed by atoms with Crippen molar-refractivity contribution in [3.05, 3.63) is 17.3 Å². The lowest BCUT2D eigenvalue weighted by molar-refractivity contribution is -0.124. The first-order valence-corrected chi connectivity index (χ1v) is 7.93. The maximum atomic E-state index is 12.2. The van der Waals surface area contributed by atoms with Crippen LogP contribution in [0.1, 0.15) is 12.8 Å². The van der Waals surface area contributed by atoms with Crippen molar-refractivity contribution in [2.45, 2.75) is 23.8 Å². The lowest BCUT2D eigenvalue weighted by Crippen LogP contribution is -2.50. The summed E-state index contributed by atoms with van der Waals surface area (Å²) in [5.41, 5.74) is 0. The first-order valence-electron chi connectivity index (χ1n) is 6.07. The van der Waals surface area contributed by atoms with Crippen LogP contribution in [0.5, 0.6) is 0 Å². The van der Waals surface area contributed by atoms with Gasteiger partial charge in [0.25, 0.3) is 0 Å². The van der Waals surface area contributed by atoms with Crippen LogP contribution in [0.25, 0.3) is 0 Å². The second-order valence-electron chi connectivity index (χ2n) is 4.36. The lowest BCUT2D eigenvalue weighted by atomic mass is 10.1. The Kier molecular flexibility index (Phi) is 4.46. The highest BCUT2D eigenvalue weighted by Gasteiger charge is 2.28. The van der Waals surface area contributed by atoms with Crippen LogP contribution in [-0.4, -0.2) is 38.9 Å². The Morgan fingerprint density at radius 2 is 2.25 bits per heavy atom. The van der Waals surface area contributed by atoms with Crippen molar-refractivity contribution in [1.29, 1.82) is 0 Å². The minimum Gasteiger partial charge on any atom is -0.372 e. The summed E-state index contributed by atoms with van der Waals surface area (Å²) in [5, 5.41) is 5.56. The van der Waals surface area contributed by atoms with Crippen LogP contribution in [0, 0.1) is 0 Å². The fourth-order valence-corrected chi connectivity index (χ4v) is 3.42. The molecule has 2 rings (SSSR count). The van der Waals surface area contributed by atoms with Gasteiger partial charge in [-0.05, 0) is 18.9 Å². The minimum absolute atomic E-state index is 0.0696. The molecule has 9 heteroatoms. The molecule has 1 aliphatic rings. The van der Waals surface area contributed by atoms with Gasteiger partial charge < -0.3 is 10.6 Å². The summed E-state index contributed by atoms with van der Waals surface area (Å²) < 4.78 is 26.7. The van der Waals surface area contributed by atoms with Crippen LogP contribution in [0.2, 0.25) is 5.02 Å². The third kappa shape index (κ3) is 3.20. The van der Waals surface area contributed by atoms with Crippen molar-refractivity contribution in [1.82, 2.24) is 15.0 Å². The molecule has 0 aromatic carbocycles. The third-order valence-electron chi connectivity index (χ3n) is 2.95. The van der Waals surface area contributed by atoms with Gasteiger partial charge >= 0.3 is 0 Å². The largest absolute Gasteiger partial charge is 0.372 e. The zero-order valence-corrected chi connectivity index (χ0v) is 12.4. The summed E-state index contributed by atoms with van der Waals surface area (Å²) >= 11 is 5.91. The van der Waals surface area contributed by atoms with Crippen molar-refractivity contribution >= 4 is 33.3 Å². The number of nitrogens with one attached hydrogen (secondary N) is 3. The molecule has 1 aromatic rings. The molecule has 0 bridgehead atoms. The molecule has 20 heavy (non-hydrogen) atoms. The molecular formula is C11H15ClN4O3S. The second-order valence-corrected chi connectivity index (χ2v) is 6.48. The number of amides is 1. The van der Waals surface area contributed by atoms with Crippen LogP contribution in [0.15, 0.2) is 17.2 Å². The monoisotopic (exact) mass is 318 g/mol. The molecule has 1 saturated heterocycles. The van der Waals surface area contributed by atoms with E-state index in [1.165, 1.54) is 12.3 Å². The molecule has 1 fully saturated rings. The number of piperidine rings is 1. The highest BCUT2D eigenvalue weighted by Crippen LogP contribution is 2.22. The Bertz CT molecular complexity index is 620. The number of nitrogens with zero attached hydrogens (tertiary/aromatic N) is 1. The van der Waals surface area contributed by atoms with Crippen molar-refractivity contribution < 1.29 is 13.2 Å². The molecule has 0 saturated carbocycles. The van der Waals surface area contributed by atoms with Crippen molar-refractivity contribution in [3.63, 3.8) is 0 Å². The summed E-state index contributed by atoms with van der Waals surface area (Å²) in [7, 11) is -2.19. The Labute approximate surface area is 122 Å². The summed E-state index contributed by atoms with van der Waals surface area (Å²) in [4.78, 5) is 15.4. The fraction of sp³-hybridized carbons (Fsp3) is 0.455. The predicted molar refractivity (Wildman–Crippen MR) is 75.1 cm³/mol. The molecule has 0 radical (unpaired) electrons. The molecule has 1 aliphatic heterocycles. The van der Waals surface area contributed by atoms with Gasteiger partial charge in [-0.25, -0.2) is 13.4 Å². The number of halogens is 1. The van der Waals surface area contributed by atoms with E-state index in [1.54, 1.807) is 7.05 Å². The normalized spacial score (nSPS) is 19.5. The van der Waals surface area contributed by atoms with E-state index < -0.39 is 16.1 Å². The van der Waals surface area contributed by atoms with E-state index in [4.69, 9.17) is 11.6 Å². The van der Waals surface area contributed by atoms with Gasteiger partial charge in [0.05, 0.1) is 5.02 Å². The Morgan fingerprint density at radius 1 is 1.50 bits per heavy atom. The highest BCUT2D eigenvalue weighted by molar-refractivity contribution is 7.89. The van der Waals surface area contributed by atoms with E-state index in [9.17, 15) is 13.2 Å². The zero-order valence-electron chi connectivity index (χ0n) is 10.8. The summed E-state index contributed by atoms with van der Waals surface area (Å²) in [5.74, 6) is 0.0757. The molecule has 0 aliphatic carbocycles. The van der Waals surface area contributed by atoms with Gasteiger partial charge in [-0.15, -0.1) is 0 Å². The minimum atomic E-state index is -3.83. The van der Waals surface area contributed by atoms with Crippen LogP contribution in [-0.2, 0) is 14.8 Å². The van der Waals surface area contributed by atoms with Gasteiger partial charge in [0.1, 0.15) is 16.8 Å². The number of pyridine rings is 1. The summed E-state index contributed by atoms with van der Waals surface area (Å²) in [6.07, 6.45) is 2.40. The van der Waals surface area contributed by atoms with Crippen molar-refractivity contribution in [3.8, 4) is 0 Å². The van der Waals surface area contributed by atoms with Crippen LogP contribution >= 0.6 is 11.6 Å². The number of aromatic nitrogens is 1. The molecule has 1 unspecified atom stereocenters. The zero-order chi connectivity index (χ0) is 14.8. The molecule has 7 nitrogen and oxygen atoms in total. The van der Waals surface area contributed by atoms with E-state index in [1.807, 2.05) is 0 Å². The number of carbonyl (C=O) groups excluding carboxylic acids is 1. The first kappa shape index (κ1) is 15.0. The van der Waals surface area contributed by atoms with E-state index >= 15 is 0 Å². The maximum absolute atomic E-state index is 12.2. The molecule has 0 spiro atoms. The molecule has 1 atom stereocenters. The number of hydrogen-bond donors (Lipinski definition) is 3. The van der Waals surface area contributed by atoms with Gasteiger partial charge in [0, 0.05) is 19.8 Å². The van der Waals surface area contributed by atoms with Crippen LogP contribution in [0.3, 0.4) is 0 Å². The maximum Gasteiger partial charge on any atom is 0.242 e. The topological polar surface area (TPSA) is 100 Å². The van der Waals surface area contributed by atoms with Gasteiger partial charge in [0.15, 0.2) is 0 Å². The molecule has 1 amide bonds.